The van der Waals surface area contributed by atoms with Crippen LogP contribution < -0.4 is 4.90 Å². The Morgan fingerprint density at radius 3 is 2.78 bits per heavy atom. The van der Waals surface area contributed by atoms with Crippen molar-refractivity contribution >= 4 is 32.7 Å². The number of rotatable bonds is 4. The first kappa shape index (κ1) is 16.6. The van der Waals surface area contributed by atoms with Crippen LogP contribution in [-0.4, -0.2) is 60.3 Å². The van der Waals surface area contributed by atoms with E-state index >= 15 is 0 Å². The lowest BCUT2D eigenvalue weighted by atomic mass is 10.2. The molecule has 2 atom stereocenters. The molecule has 0 saturated carbocycles. The highest BCUT2D eigenvalue weighted by Crippen LogP contribution is 2.24. The van der Waals surface area contributed by atoms with Gasteiger partial charge in [-0.3, -0.25) is 14.9 Å². The Balaban J connectivity index is 1.70. The molecule has 23 heavy (non-hydrogen) atoms. The molecule has 2 aromatic rings. The van der Waals surface area contributed by atoms with Crippen LogP contribution in [0.1, 0.15) is 13.8 Å². The Morgan fingerprint density at radius 1 is 1.30 bits per heavy atom. The van der Waals surface area contributed by atoms with E-state index in [9.17, 15) is 0 Å². The van der Waals surface area contributed by atoms with Gasteiger partial charge >= 0.3 is 0 Å². The van der Waals surface area contributed by atoms with Gasteiger partial charge in [-0.2, -0.15) is 0 Å². The van der Waals surface area contributed by atoms with Crippen LogP contribution in [0.3, 0.4) is 0 Å². The van der Waals surface area contributed by atoms with Crippen LogP contribution in [-0.2, 0) is 4.74 Å². The molecule has 2 aromatic heterocycles. The number of halogens is 1. The highest BCUT2D eigenvalue weighted by molar-refractivity contribution is 9.10. The average molecular weight is 379 g/mol. The molecule has 0 amide bonds. The van der Waals surface area contributed by atoms with E-state index in [0.29, 0.717) is 12.2 Å². The third-order valence-electron chi connectivity index (χ3n) is 4.18. The van der Waals surface area contributed by atoms with Gasteiger partial charge in [0.2, 0.25) is 0 Å². The number of ether oxygens (including phenoxy) is 1. The van der Waals surface area contributed by atoms with Gasteiger partial charge in [-0.1, -0.05) is 0 Å². The molecule has 0 aromatic carbocycles. The van der Waals surface area contributed by atoms with Crippen molar-refractivity contribution < 1.29 is 4.74 Å². The number of hydrogen-bond acceptors (Lipinski definition) is 5. The lowest BCUT2D eigenvalue weighted by molar-refractivity contribution is -0.0670. The monoisotopic (exact) mass is 378 g/mol. The molecule has 0 spiro atoms. The van der Waals surface area contributed by atoms with Gasteiger partial charge in [-0.15, -0.1) is 0 Å². The van der Waals surface area contributed by atoms with E-state index in [1.54, 1.807) is 0 Å². The molecule has 0 N–H and O–H groups in total. The second kappa shape index (κ2) is 7.11. The zero-order valence-electron chi connectivity index (χ0n) is 13.9. The molecule has 6 heteroatoms. The van der Waals surface area contributed by atoms with Gasteiger partial charge in [-0.05, 0) is 41.9 Å². The minimum Gasteiger partial charge on any atom is -0.373 e. The summed E-state index contributed by atoms with van der Waals surface area (Å²) in [6, 6.07) is 4.04. The predicted molar refractivity (Wildman–Crippen MR) is 97.0 cm³/mol. The fourth-order valence-electron chi connectivity index (χ4n) is 3.18. The summed E-state index contributed by atoms with van der Waals surface area (Å²) in [6.45, 7) is 8.27. The Labute approximate surface area is 145 Å². The van der Waals surface area contributed by atoms with Gasteiger partial charge in [-0.25, -0.2) is 0 Å². The van der Waals surface area contributed by atoms with Crippen LogP contribution in [0.15, 0.2) is 29.0 Å². The number of morpholine rings is 1. The summed E-state index contributed by atoms with van der Waals surface area (Å²) in [5.74, 6) is 0. The number of pyridine rings is 2. The maximum Gasteiger partial charge on any atom is 0.112 e. The fourth-order valence-corrected chi connectivity index (χ4v) is 3.50. The highest BCUT2D eigenvalue weighted by Gasteiger charge is 2.22. The van der Waals surface area contributed by atoms with Crippen molar-refractivity contribution in [3.05, 3.63) is 29.0 Å². The Bertz CT molecular complexity index is 671. The first-order valence-corrected chi connectivity index (χ1v) is 8.81. The van der Waals surface area contributed by atoms with Crippen LogP contribution in [0.4, 0.5) is 5.69 Å². The van der Waals surface area contributed by atoms with Crippen molar-refractivity contribution in [3.63, 3.8) is 0 Å². The first-order valence-electron chi connectivity index (χ1n) is 8.02. The van der Waals surface area contributed by atoms with Crippen LogP contribution >= 0.6 is 15.9 Å². The molecule has 1 aliphatic rings. The predicted octanol–water partition coefficient (Wildman–Crippen LogP) is 2.94. The third-order valence-corrected chi connectivity index (χ3v) is 4.61. The maximum absolute atomic E-state index is 5.80. The average Bonchev–Trinajstić information content (AvgIpc) is 2.51. The Kier molecular flexibility index (Phi) is 5.14. The van der Waals surface area contributed by atoms with E-state index in [4.69, 9.17) is 4.74 Å². The standard InChI is InChI=1S/C17H23BrN4O/c1-12-10-22(11-13(2)23-12)7-6-21(3)16-4-5-19-15-8-14(18)9-20-17(15)16/h4-5,8-9,12-13H,6-7,10-11H2,1-3H3/t12-,13+. The van der Waals surface area contributed by atoms with E-state index in [0.717, 1.165) is 47.4 Å². The molecule has 0 bridgehead atoms. The van der Waals surface area contributed by atoms with Gasteiger partial charge in [0.25, 0.3) is 0 Å². The number of aromatic nitrogens is 2. The second-order valence-electron chi connectivity index (χ2n) is 6.29. The van der Waals surface area contributed by atoms with Crippen molar-refractivity contribution in [1.82, 2.24) is 14.9 Å². The number of hydrogen-bond donors (Lipinski definition) is 0. The quantitative estimate of drug-likeness (QED) is 0.817. The Morgan fingerprint density at radius 2 is 2.04 bits per heavy atom. The van der Waals surface area contributed by atoms with E-state index in [-0.39, 0.29) is 0 Å². The summed E-state index contributed by atoms with van der Waals surface area (Å²) in [7, 11) is 2.12. The van der Waals surface area contributed by atoms with Gasteiger partial charge in [0.15, 0.2) is 0 Å². The number of likely N-dealkylation sites (N-methyl/N-ethyl adjacent to an activating group) is 1. The molecule has 1 saturated heterocycles. The van der Waals surface area contributed by atoms with Gasteiger partial charge in [0.1, 0.15) is 5.52 Å². The molecule has 3 heterocycles. The van der Waals surface area contributed by atoms with Gasteiger partial charge in [0, 0.05) is 50.1 Å². The van der Waals surface area contributed by atoms with E-state index in [1.165, 1.54) is 0 Å². The number of fused-ring (bicyclic) bond motifs is 1. The lowest BCUT2D eigenvalue weighted by Crippen LogP contribution is -2.47. The SMILES string of the molecule is C[C@@H]1CN(CCN(C)c2ccnc3cc(Br)cnc23)C[C@H](C)O1. The van der Waals surface area contributed by atoms with Crippen molar-refractivity contribution in [3.8, 4) is 0 Å². The van der Waals surface area contributed by atoms with Gasteiger partial charge < -0.3 is 9.64 Å². The molecule has 0 radical (unpaired) electrons. The summed E-state index contributed by atoms with van der Waals surface area (Å²) < 4.78 is 6.75. The third kappa shape index (κ3) is 4.00. The minimum atomic E-state index is 0.310. The van der Waals surface area contributed by atoms with Crippen molar-refractivity contribution in [2.45, 2.75) is 26.1 Å². The molecule has 0 unspecified atom stereocenters. The molecular formula is C17H23BrN4O. The number of nitrogens with zero attached hydrogens (tertiary/aromatic N) is 4. The van der Waals surface area contributed by atoms with Crippen molar-refractivity contribution in [2.24, 2.45) is 0 Å². The molecule has 124 valence electrons. The zero-order chi connectivity index (χ0) is 16.4. The zero-order valence-corrected chi connectivity index (χ0v) is 15.5. The summed E-state index contributed by atoms with van der Waals surface area (Å²) in [5.41, 5.74) is 2.98. The van der Waals surface area contributed by atoms with Crippen molar-refractivity contribution in [1.29, 1.82) is 0 Å². The summed E-state index contributed by atoms with van der Waals surface area (Å²) in [4.78, 5) is 13.7. The maximum atomic E-state index is 5.80. The molecular weight excluding hydrogens is 356 g/mol. The molecule has 1 fully saturated rings. The summed E-state index contributed by atoms with van der Waals surface area (Å²) >= 11 is 3.45. The van der Waals surface area contributed by atoms with E-state index in [2.05, 4.69) is 56.6 Å². The highest BCUT2D eigenvalue weighted by atomic mass is 79.9. The first-order chi connectivity index (χ1) is 11.0. The Hall–Kier alpha value is -1.24. The summed E-state index contributed by atoms with van der Waals surface area (Å²) in [6.07, 6.45) is 4.29. The summed E-state index contributed by atoms with van der Waals surface area (Å²) in [5, 5.41) is 0. The molecule has 1 aliphatic heterocycles. The second-order valence-corrected chi connectivity index (χ2v) is 7.21. The van der Waals surface area contributed by atoms with E-state index < -0.39 is 0 Å². The van der Waals surface area contributed by atoms with Crippen LogP contribution in [0.5, 0.6) is 0 Å². The fraction of sp³-hybridized carbons (Fsp3) is 0.529. The lowest BCUT2D eigenvalue weighted by Gasteiger charge is -2.36. The van der Waals surface area contributed by atoms with Crippen LogP contribution in [0, 0.1) is 0 Å². The van der Waals surface area contributed by atoms with Gasteiger partial charge in [0.05, 0.1) is 23.4 Å². The number of anilines is 1. The molecule has 3 rings (SSSR count). The van der Waals surface area contributed by atoms with Crippen LogP contribution in [0.2, 0.25) is 0 Å². The van der Waals surface area contributed by atoms with E-state index in [1.807, 2.05) is 24.5 Å². The smallest absolute Gasteiger partial charge is 0.112 e. The normalized spacial score (nSPS) is 22.4. The minimum absolute atomic E-state index is 0.310. The van der Waals surface area contributed by atoms with Crippen molar-refractivity contribution in [2.75, 3.05) is 38.1 Å². The molecule has 5 nitrogen and oxygen atoms in total. The topological polar surface area (TPSA) is 41.5 Å². The van der Waals surface area contributed by atoms with Crippen LogP contribution in [0.25, 0.3) is 11.0 Å². The molecule has 0 aliphatic carbocycles. The largest absolute Gasteiger partial charge is 0.373 e.